The molecule has 2 amide bonds. The lowest BCUT2D eigenvalue weighted by molar-refractivity contribution is 0.0610. The van der Waals surface area contributed by atoms with E-state index in [1.54, 1.807) is 16.6 Å². The number of hydrogen-bond donors (Lipinski definition) is 2. The lowest BCUT2D eigenvalue weighted by Crippen LogP contribution is -2.38. The molecular formula is C22H27N7O2S. The molecule has 2 unspecified atom stereocenters. The van der Waals surface area contributed by atoms with Crippen molar-refractivity contribution in [3.63, 3.8) is 0 Å². The van der Waals surface area contributed by atoms with Gasteiger partial charge in [0.2, 0.25) is 0 Å². The Morgan fingerprint density at radius 3 is 2.69 bits per heavy atom. The highest BCUT2D eigenvalue weighted by Gasteiger charge is 2.32. The summed E-state index contributed by atoms with van der Waals surface area (Å²) in [5.74, 6) is 0.354. The van der Waals surface area contributed by atoms with Gasteiger partial charge in [0.25, 0.3) is 11.8 Å². The summed E-state index contributed by atoms with van der Waals surface area (Å²) in [6.07, 6.45) is 5.79. The first-order valence-corrected chi connectivity index (χ1v) is 11.8. The summed E-state index contributed by atoms with van der Waals surface area (Å²) in [5.41, 5.74) is 14.1. The summed E-state index contributed by atoms with van der Waals surface area (Å²) >= 11 is 1.14. The van der Waals surface area contributed by atoms with Gasteiger partial charge in [-0.05, 0) is 44.7 Å². The lowest BCUT2D eigenvalue weighted by Gasteiger charge is -2.34. The number of hydrogen-bond acceptors (Lipinski definition) is 7. The molecule has 9 nitrogen and oxygen atoms in total. The second-order valence-electron chi connectivity index (χ2n) is 8.65. The minimum Gasteiger partial charge on any atom is -0.365 e. The van der Waals surface area contributed by atoms with Crippen molar-refractivity contribution in [1.82, 2.24) is 19.5 Å². The fourth-order valence-electron chi connectivity index (χ4n) is 4.69. The molecule has 3 aromatic heterocycles. The van der Waals surface area contributed by atoms with Crippen molar-refractivity contribution in [3.05, 3.63) is 45.4 Å². The molecule has 3 aromatic rings. The first-order valence-electron chi connectivity index (χ1n) is 11.0. The smallest absolute Gasteiger partial charge is 0.264 e. The van der Waals surface area contributed by atoms with E-state index in [9.17, 15) is 9.59 Å². The van der Waals surface area contributed by atoms with E-state index in [0.29, 0.717) is 16.3 Å². The summed E-state index contributed by atoms with van der Waals surface area (Å²) < 4.78 is 1.80. The van der Waals surface area contributed by atoms with Gasteiger partial charge in [-0.15, -0.1) is 11.3 Å². The molecule has 32 heavy (non-hydrogen) atoms. The van der Waals surface area contributed by atoms with Crippen LogP contribution in [0.3, 0.4) is 0 Å². The molecule has 2 aliphatic heterocycles. The highest BCUT2D eigenvalue weighted by molar-refractivity contribution is 7.15. The number of anilines is 1. The third kappa shape index (κ3) is 3.73. The molecule has 2 fully saturated rings. The van der Waals surface area contributed by atoms with Crippen LogP contribution < -0.4 is 16.4 Å². The predicted molar refractivity (Wildman–Crippen MR) is 123 cm³/mol. The Labute approximate surface area is 190 Å². The molecule has 0 bridgehead atoms. The van der Waals surface area contributed by atoms with Crippen LogP contribution in [0, 0.1) is 6.92 Å². The zero-order valence-corrected chi connectivity index (χ0v) is 18.8. The summed E-state index contributed by atoms with van der Waals surface area (Å²) in [6, 6.07) is 5.34. The number of piperidine rings is 1. The summed E-state index contributed by atoms with van der Waals surface area (Å²) in [5, 5.41) is 4.79. The Morgan fingerprint density at radius 1 is 1.16 bits per heavy atom. The molecular weight excluding hydrogens is 426 g/mol. The average molecular weight is 454 g/mol. The van der Waals surface area contributed by atoms with Crippen molar-refractivity contribution in [2.75, 3.05) is 24.5 Å². The van der Waals surface area contributed by atoms with Crippen molar-refractivity contribution in [2.45, 2.75) is 44.7 Å². The summed E-state index contributed by atoms with van der Waals surface area (Å²) in [4.78, 5) is 34.6. The standard InChI is InChI=1S/C22H27N7O2S/c1-13-11-29-19(25-21(13)27-9-7-14(23)12-27)10-15(26-29)16-4-2-3-8-28(16)22(31)18-6-5-17(32-18)20(24)30/h5-6,10-11,14,16H,2-4,7-9,12,23H2,1H3,(H2,24,30). The third-order valence-corrected chi connectivity index (χ3v) is 7.40. The van der Waals surface area contributed by atoms with Crippen molar-refractivity contribution >= 4 is 34.6 Å². The van der Waals surface area contributed by atoms with Crippen LogP contribution >= 0.6 is 11.3 Å². The van der Waals surface area contributed by atoms with E-state index in [-0.39, 0.29) is 18.0 Å². The zero-order chi connectivity index (χ0) is 22.4. The van der Waals surface area contributed by atoms with Gasteiger partial charge in [0.15, 0.2) is 5.65 Å². The van der Waals surface area contributed by atoms with E-state index in [1.807, 2.05) is 24.1 Å². The number of thiophene rings is 1. The van der Waals surface area contributed by atoms with Crippen LogP contribution in [0.25, 0.3) is 5.65 Å². The van der Waals surface area contributed by atoms with E-state index in [2.05, 4.69) is 4.90 Å². The molecule has 168 valence electrons. The summed E-state index contributed by atoms with van der Waals surface area (Å²) in [6.45, 7) is 4.41. The van der Waals surface area contributed by atoms with Crippen LogP contribution in [0.5, 0.6) is 0 Å². The maximum Gasteiger partial charge on any atom is 0.264 e. The largest absolute Gasteiger partial charge is 0.365 e. The number of nitrogens with two attached hydrogens (primary N) is 2. The average Bonchev–Trinajstić information content (AvgIpc) is 3.52. The topological polar surface area (TPSA) is 123 Å². The minimum absolute atomic E-state index is 0.0832. The highest BCUT2D eigenvalue weighted by Crippen LogP contribution is 2.33. The fourth-order valence-corrected chi connectivity index (χ4v) is 5.51. The highest BCUT2D eigenvalue weighted by atomic mass is 32.1. The molecule has 2 aliphatic rings. The Kier molecular flexibility index (Phi) is 5.34. The van der Waals surface area contributed by atoms with Gasteiger partial charge in [0.05, 0.1) is 21.5 Å². The van der Waals surface area contributed by atoms with Crippen molar-refractivity contribution < 1.29 is 9.59 Å². The number of aryl methyl sites for hydroxylation is 1. The lowest BCUT2D eigenvalue weighted by atomic mass is 9.99. The second kappa shape index (κ2) is 8.18. The molecule has 0 aromatic carbocycles. The van der Waals surface area contributed by atoms with Crippen molar-refractivity contribution in [2.24, 2.45) is 11.5 Å². The van der Waals surface area contributed by atoms with E-state index in [1.165, 1.54) is 0 Å². The van der Waals surface area contributed by atoms with E-state index in [0.717, 1.165) is 72.8 Å². The number of aromatic nitrogens is 3. The van der Waals surface area contributed by atoms with Gasteiger partial charge in [0, 0.05) is 43.5 Å². The Hall–Kier alpha value is -2.98. The Bertz CT molecular complexity index is 1190. The summed E-state index contributed by atoms with van der Waals surface area (Å²) in [7, 11) is 0. The minimum atomic E-state index is -0.513. The zero-order valence-electron chi connectivity index (χ0n) is 18.0. The predicted octanol–water partition coefficient (Wildman–Crippen LogP) is 2.10. The van der Waals surface area contributed by atoms with E-state index >= 15 is 0 Å². The van der Waals surface area contributed by atoms with Crippen LogP contribution in [-0.2, 0) is 0 Å². The van der Waals surface area contributed by atoms with Crippen LogP contribution in [0.1, 0.15) is 62.3 Å². The SMILES string of the molecule is Cc1cn2nc(C3CCCCN3C(=O)c3ccc(C(N)=O)s3)cc2nc1N1CCC(N)C1. The molecule has 4 N–H and O–H groups in total. The maximum atomic E-state index is 13.3. The van der Waals surface area contributed by atoms with Gasteiger partial charge in [-0.25, -0.2) is 9.50 Å². The number of amides is 2. The van der Waals surface area contributed by atoms with Crippen LogP contribution in [-0.4, -0.2) is 57.0 Å². The number of rotatable bonds is 4. The maximum absolute atomic E-state index is 13.3. The molecule has 2 atom stereocenters. The van der Waals surface area contributed by atoms with Gasteiger partial charge < -0.3 is 21.3 Å². The van der Waals surface area contributed by atoms with Crippen LogP contribution in [0.15, 0.2) is 24.4 Å². The Balaban J connectivity index is 1.45. The molecule has 0 spiro atoms. The fraction of sp³-hybridized carbons (Fsp3) is 0.455. The number of carbonyl (C=O) groups excluding carboxylic acids is 2. The molecule has 0 aliphatic carbocycles. The number of fused-ring (bicyclic) bond motifs is 1. The molecule has 0 saturated carbocycles. The van der Waals surface area contributed by atoms with Crippen LogP contribution in [0.4, 0.5) is 5.82 Å². The van der Waals surface area contributed by atoms with Crippen molar-refractivity contribution in [1.29, 1.82) is 0 Å². The number of carbonyl (C=O) groups is 2. The quantitative estimate of drug-likeness (QED) is 0.624. The van der Waals surface area contributed by atoms with Gasteiger partial charge in [-0.3, -0.25) is 9.59 Å². The van der Waals surface area contributed by atoms with Gasteiger partial charge >= 0.3 is 0 Å². The van der Waals surface area contributed by atoms with Gasteiger partial charge in [-0.2, -0.15) is 5.10 Å². The Morgan fingerprint density at radius 2 is 1.97 bits per heavy atom. The molecule has 10 heteroatoms. The molecule has 5 rings (SSSR count). The van der Waals surface area contributed by atoms with E-state index < -0.39 is 5.91 Å². The normalized spacial score (nSPS) is 21.4. The number of primary amides is 1. The monoisotopic (exact) mass is 453 g/mol. The van der Waals surface area contributed by atoms with Gasteiger partial charge in [0.1, 0.15) is 5.82 Å². The first-order chi connectivity index (χ1) is 15.4. The van der Waals surface area contributed by atoms with Crippen LogP contribution in [0.2, 0.25) is 0 Å². The molecule has 2 saturated heterocycles. The van der Waals surface area contributed by atoms with E-state index in [4.69, 9.17) is 21.5 Å². The second-order valence-corrected chi connectivity index (χ2v) is 9.74. The molecule has 0 radical (unpaired) electrons. The third-order valence-electron chi connectivity index (χ3n) is 6.31. The van der Waals surface area contributed by atoms with Crippen molar-refractivity contribution in [3.8, 4) is 0 Å². The number of likely N-dealkylation sites (tertiary alicyclic amines) is 1. The number of nitrogens with zero attached hydrogens (tertiary/aromatic N) is 5. The molecule has 5 heterocycles. The van der Waals surface area contributed by atoms with Gasteiger partial charge in [-0.1, -0.05) is 0 Å². The first kappa shape index (κ1) is 20.9.